The van der Waals surface area contributed by atoms with Gasteiger partial charge < -0.3 is 0 Å². The van der Waals surface area contributed by atoms with Crippen molar-refractivity contribution in [1.29, 1.82) is 0 Å². The van der Waals surface area contributed by atoms with Gasteiger partial charge in [0.1, 0.15) is 0 Å². The zero-order valence-electron chi connectivity index (χ0n) is 13.6. The Morgan fingerprint density at radius 1 is 0.955 bits per heavy atom. The first-order valence-electron chi connectivity index (χ1n) is 8.94. The first-order chi connectivity index (χ1) is 10.5. The van der Waals surface area contributed by atoms with E-state index in [-0.39, 0.29) is 5.54 Å². The molecule has 1 nitrogen and oxygen atoms in total. The zero-order chi connectivity index (χ0) is 15.1. The summed E-state index contributed by atoms with van der Waals surface area (Å²) in [4.78, 5) is 2.83. The second-order valence-corrected chi connectivity index (χ2v) is 9.70. The van der Waals surface area contributed by atoms with Crippen LogP contribution in [0.15, 0.2) is 24.3 Å². The number of hydrogen-bond donors (Lipinski definition) is 0. The summed E-state index contributed by atoms with van der Waals surface area (Å²) in [5, 5.41) is 0. The molecule has 4 aliphatic carbocycles. The van der Waals surface area contributed by atoms with E-state index in [1.54, 1.807) is 0 Å². The molecule has 4 saturated carbocycles. The Labute approximate surface area is 141 Å². The van der Waals surface area contributed by atoms with Crippen LogP contribution in [0, 0.1) is 17.8 Å². The van der Waals surface area contributed by atoms with E-state index in [0.29, 0.717) is 5.54 Å². The summed E-state index contributed by atoms with van der Waals surface area (Å²) in [7, 11) is 0. The van der Waals surface area contributed by atoms with Crippen LogP contribution >= 0.6 is 0 Å². The predicted molar refractivity (Wildman–Crippen MR) is 92.1 cm³/mol. The second-order valence-electron chi connectivity index (χ2n) is 8.89. The molecule has 116 valence electrons. The minimum absolute atomic E-state index is 0.128. The molecule has 1 heterocycles. The van der Waals surface area contributed by atoms with Gasteiger partial charge in [-0.15, -0.1) is 0 Å². The number of fused-ring (bicyclic) bond motifs is 1. The molecular weight excluding hydrogens is 333 g/mol. The molecule has 0 saturated heterocycles. The molecule has 1 aliphatic heterocycles. The van der Waals surface area contributed by atoms with Crippen molar-refractivity contribution in [3.8, 4) is 0 Å². The van der Waals surface area contributed by atoms with E-state index >= 15 is 0 Å². The molecule has 22 heavy (non-hydrogen) atoms. The summed E-state index contributed by atoms with van der Waals surface area (Å²) in [6.07, 6.45) is 8.85. The van der Waals surface area contributed by atoms with Crippen molar-refractivity contribution in [2.45, 2.75) is 63.5 Å². The Hall–Kier alpha value is -0.591. The molecule has 6 rings (SSSR count). The van der Waals surface area contributed by atoms with Gasteiger partial charge in [-0.2, -0.15) is 0 Å². The fourth-order valence-corrected chi connectivity index (χ4v) is 8.10. The van der Waals surface area contributed by atoms with Gasteiger partial charge in [-0.05, 0) is 0 Å². The number of nitrogens with zero attached hydrogens (tertiary/aromatic N) is 1. The molecule has 5 aliphatic rings. The molecule has 2 heteroatoms. The maximum atomic E-state index is 3.47. The Morgan fingerprint density at radius 3 is 2.05 bits per heavy atom. The topological polar surface area (TPSA) is 3.24 Å². The van der Waals surface area contributed by atoms with E-state index in [9.17, 15) is 0 Å². The van der Waals surface area contributed by atoms with Crippen molar-refractivity contribution in [1.82, 2.24) is 4.90 Å². The van der Waals surface area contributed by atoms with Crippen LogP contribution < -0.4 is 0 Å². The van der Waals surface area contributed by atoms with E-state index in [2.05, 4.69) is 58.6 Å². The van der Waals surface area contributed by atoms with Crippen LogP contribution in [0.1, 0.15) is 63.5 Å². The number of rotatable bonds is 1. The van der Waals surface area contributed by atoms with Crippen LogP contribution in [0.4, 0.5) is 0 Å². The van der Waals surface area contributed by atoms with Gasteiger partial charge in [0.15, 0.2) is 0 Å². The van der Waals surface area contributed by atoms with Gasteiger partial charge in [-0.3, -0.25) is 0 Å². The SMILES string of the molecule is CC1(C)c2ccccc2C(=[Se])N1C12CC3CC(CC(C3)C1)C2. The molecule has 0 unspecified atom stereocenters. The van der Waals surface area contributed by atoms with Gasteiger partial charge in [-0.1, -0.05) is 0 Å². The van der Waals surface area contributed by atoms with Gasteiger partial charge in [0, 0.05) is 0 Å². The summed E-state index contributed by atoms with van der Waals surface area (Å²) in [6, 6.07) is 9.04. The number of hydrogen-bond acceptors (Lipinski definition) is 1. The Bertz CT molecular complexity index is 624. The van der Waals surface area contributed by atoms with Crippen LogP contribution in [-0.4, -0.2) is 30.6 Å². The average Bonchev–Trinajstić information content (AvgIpc) is 2.65. The van der Waals surface area contributed by atoms with Crippen molar-refractivity contribution in [2.75, 3.05) is 0 Å². The van der Waals surface area contributed by atoms with Crippen LogP contribution in [0.5, 0.6) is 0 Å². The summed E-state index contributed by atoms with van der Waals surface area (Å²) in [6.45, 7) is 4.88. The van der Waals surface area contributed by atoms with Gasteiger partial charge in [0.25, 0.3) is 0 Å². The van der Waals surface area contributed by atoms with Gasteiger partial charge in [0.05, 0.1) is 0 Å². The summed E-state index contributed by atoms with van der Waals surface area (Å²) in [5.74, 6) is 3.00. The zero-order valence-corrected chi connectivity index (χ0v) is 15.4. The van der Waals surface area contributed by atoms with Crippen molar-refractivity contribution in [3.63, 3.8) is 0 Å². The molecular formula is C20H25NSe. The molecule has 0 radical (unpaired) electrons. The fourth-order valence-electron chi connectivity index (χ4n) is 6.85. The molecule has 0 aromatic heterocycles. The van der Waals surface area contributed by atoms with Gasteiger partial charge in [0.2, 0.25) is 0 Å². The molecule has 0 N–H and O–H groups in total. The minimum atomic E-state index is 0.128. The van der Waals surface area contributed by atoms with E-state index in [0.717, 1.165) is 17.8 Å². The quantitative estimate of drug-likeness (QED) is 0.690. The van der Waals surface area contributed by atoms with Crippen LogP contribution in [0.25, 0.3) is 0 Å². The van der Waals surface area contributed by atoms with Crippen molar-refractivity contribution in [2.24, 2.45) is 17.8 Å². The number of benzene rings is 1. The fraction of sp³-hybridized carbons (Fsp3) is 0.650. The Morgan fingerprint density at radius 2 is 1.50 bits per heavy atom. The van der Waals surface area contributed by atoms with Crippen LogP contribution in [-0.2, 0) is 5.54 Å². The van der Waals surface area contributed by atoms with E-state index < -0.39 is 0 Å². The molecule has 1 aromatic carbocycles. The summed E-state index contributed by atoms with van der Waals surface area (Å²) in [5.41, 5.74) is 3.52. The van der Waals surface area contributed by atoms with E-state index in [1.807, 2.05) is 0 Å². The van der Waals surface area contributed by atoms with Crippen molar-refractivity contribution in [3.05, 3.63) is 35.4 Å². The van der Waals surface area contributed by atoms with Gasteiger partial charge in [-0.25, -0.2) is 0 Å². The average molecular weight is 358 g/mol. The van der Waals surface area contributed by atoms with Crippen LogP contribution in [0.3, 0.4) is 0 Å². The maximum absolute atomic E-state index is 3.47. The monoisotopic (exact) mass is 359 g/mol. The summed E-state index contributed by atoms with van der Waals surface area (Å²) >= 11 is 3.47. The Kier molecular flexibility index (Phi) is 2.68. The second kappa shape index (κ2) is 4.27. The first kappa shape index (κ1) is 13.8. The van der Waals surface area contributed by atoms with E-state index in [4.69, 9.17) is 0 Å². The Balaban J connectivity index is 1.63. The molecule has 1 aromatic rings. The molecule has 4 fully saturated rings. The molecule has 0 spiro atoms. The van der Waals surface area contributed by atoms with Gasteiger partial charge >= 0.3 is 142 Å². The summed E-state index contributed by atoms with van der Waals surface area (Å²) < 4.78 is 1.42. The normalized spacial score (nSPS) is 41.1. The van der Waals surface area contributed by atoms with E-state index in [1.165, 1.54) is 54.2 Å². The molecule has 0 amide bonds. The molecule has 4 bridgehead atoms. The third-order valence-corrected chi connectivity index (χ3v) is 7.90. The molecule has 0 atom stereocenters. The van der Waals surface area contributed by atoms with Crippen LogP contribution in [0.2, 0.25) is 0 Å². The van der Waals surface area contributed by atoms with Crippen molar-refractivity contribution < 1.29 is 0 Å². The third-order valence-electron chi connectivity index (χ3n) is 7.06. The third kappa shape index (κ3) is 1.64. The van der Waals surface area contributed by atoms with Crippen molar-refractivity contribution >= 4 is 20.1 Å². The predicted octanol–water partition coefficient (Wildman–Crippen LogP) is 3.85. The first-order valence-corrected chi connectivity index (χ1v) is 9.79. The standard InChI is InChI=1S/C20H25NSe/c1-19(2)17-6-4-3-5-16(17)18(22)21(19)20-10-13-7-14(11-20)9-15(8-13)12-20/h3-6,13-15H,7-12H2,1-2H3.